The van der Waals surface area contributed by atoms with Crippen LogP contribution in [0.1, 0.15) is 27.2 Å². The van der Waals surface area contributed by atoms with E-state index in [0.29, 0.717) is 6.54 Å². The molecule has 0 atom stereocenters. The van der Waals surface area contributed by atoms with Crippen molar-refractivity contribution in [3.8, 4) is 0 Å². The minimum absolute atomic E-state index is 0.00389. The summed E-state index contributed by atoms with van der Waals surface area (Å²) in [6, 6.07) is 0. The number of amides is 1. The van der Waals surface area contributed by atoms with E-state index in [1.807, 2.05) is 25.7 Å². The van der Waals surface area contributed by atoms with E-state index in [4.69, 9.17) is 4.74 Å². The molecular weight excluding hydrogens is 220 g/mol. The molecule has 17 heavy (non-hydrogen) atoms. The van der Waals surface area contributed by atoms with Crippen LogP contribution in [0.3, 0.4) is 0 Å². The van der Waals surface area contributed by atoms with Crippen LogP contribution >= 0.6 is 0 Å². The molecule has 0 fully saturated rings. The fourth-order valence-corrected chi connectivity index (χ4v) is 1.35. The average Bonchev–Trinajstić information content (AvgIpc) is 2.15. The fourth-order valence-electron chi connectivity index (χ4n) is 1.35. The second kappa shape index (κ2) is 8.06. The topological polar surface area (TPSA) is 49.9 Å². The summed E-state index contributed by atoms with van der Waals surface area (Å²) >= 11 is 0. The van der Waals surface area contributed by atoms with Crippen molar-refractivity contribution in [3.63, 3.8) is 0 Å². The number of ether oxygens (including phenoxy) is 1. The Morgan fingerprint density at radius 3 is 2.18 bits per heavy atom. The van der Waals surface area contributed by atoms with Gasteiger partial charge in [-0.2, -0.15) is 0 Å². The molecule has 0 radical (unpaired) electrons. The van der Waals surface area contributed by atoms with Crippen molar-refractivity contribution in [3.05, 3.63) is 0 Å². The number of carbonyl (C=O) groups is 2. The summed E-state index contributed by atoms with van der Waals surface area (Å²) in [5.74, 6) is -0.282. The molecule has 0 spiro atoms. The zero-order valence-electron chi connectivity index (χ0n) is 11.5. The van der Waals surface area contributed by atoms with E-state index in [2.05, 4.69) is 0 Å². The summed E-state index contributed by atoms with van der Waals surface area (Å²) in [6.45, 7) is 6.79. The Morgan fingerprint density at radius 2 is 1.76 bits per heavy atom. The molecule has 0 saturated heterocycles. The van der Waals surface area contributed by atoms with Crippen molar-refractivity contribution in [1.29, 1.82) is 0 Å². The molecule has 0 saturated carbocycles. The number of rotatable bonds is 7. The third kappa shape index (κ3) is 7.74. The van der Waals surface area contributed by atoms with E-state index in [-0.39, 0.29) is 31.1 Å². The van der Waals surface area contributed by atoms with Gasteiger partial charge in [0.25, 0.3) is 0 Å². The van der Waals surface area contributed by atoms with Crippen LogP contribution in [0.5, 0.6) is 0 Å². The lowest BCUT2D eigenvalue weighted by Gasteiger charge is -2.22. The van der Waals surface area contributed by atoms with Gasteiger partial charge < -0.3 is 9.64 Å². The summed E-state index contributed by atoms with van der Waals surface area (Å²) in [4.78, 5) is 26.4. The predicted molar refractivity (Wildman–Crippen MR) is 66.7 cm³/mol. The van der Waals surface area contributed by atoms with Crippen LogP contribution in [0.25, 0.3) is 0 Å². The van der Waals surface area contributed by atoms with Crippen LogP contribution in [0.15, 0.2) is 0 Å². The van der Waals surface area contributed by atoms with E-state index < -0.39 is 0 Å². The van der Waals surface area contributed by atoms with Crippen LogP contribution < -0.4 is 0 Å². The Morgan fingerprint density at radius 1 is 1.18 bits per heavy atom. The monoisotopic (exact) mass is 244 g/mol. The van der Waals surface area contributed by atoms with E-state index in [1.54, 1.807) is 14.1 Å². The number of likely N-dealkylation sites (N-methyl/N-ethyl adjacent to an activating group) is 1. The lowest BCUT2D eigenvalue weighted by Crippen LogP contribution is -2.40. The lowest BCUT2D eigenvalue weighted by molar-refractivity contribution is -0.149. The zero-order chi connectivity index (χ0) is 13.4. The van der Waals surface area contributed by atoms with Gasteiger partial charge in [-0.05, 0) is 26.8 Å². The largest absolute Gasteiger partial charge is 0.462 e. The van der Waals surface area contributed by atoms with Gasteiger partial charge in [-0.3, -0.25) is 14.5 Å². The molecule has 0 aromatic heterocycles. The second-order valence-corrected chi connectivity index (χ2v) is 4.54. The maximum atomic E-state index is 11.6. The van der Waals surface area contributed by atoms with Crippen LogP contribution in [0.4, 0.5) is 0 Å². The minimum Gasteiger partial charge on any atom is -0.462 e. The van der Waals surface area contributed by atoms with E-state index in [1.165, 1.54) is 4.90 Å². The Balaban J connectivity index is 4.23. The Hall–Kier alpha value is -1.10. The minimum atomic E-state index is -0.278. The van der Waals surface area contributed by atoms with Crippen molar-refractivity contribution in [2.45, 2.75) is 33.3 Å². The molecule has 5 heteroatoms. The molecule has 0 aliphatic carbocycles. The van der Waals surface area contributed by atoms with Gasteiger partial charge in [-0.15, -0.1) is 0 Å². The molecule has 0 N–H and O–H groups in total. The molecule has 0 aromatic rings. The van der Waals surface area contributed by atoms with Gasteiger partial charge in [0.15, 0.2) is 0 Å². The van der Waals surface area contributed by atoms with Crippen LogP contribution in [0, 0.1) is 0 Å². The standard InChI is InChI=1S/C12H24N2O3/c1-6-7-14(8-11(15)13(4)5)9-12(16)17-10(2)3/h10H,6-9H2,1-5H3. The van der Waals surface area contributed by atoms with Gasteiger partial charge >= 0.3 is 5.97 Å². The summed E-state index contributed by atoms with van der Waals surface area (Å²) in [5, 5.41) is 0. The molecule has 1 amide bonds. The highest BCUT2D eigenvalue weighted by Crippen LogP contribution is 1.97. The lowest BCUT2D eigenvalue weighted by atomic mass is 10.3. The third-order valence-corrected chi connectivity index (χ3v) is 2.12. The van der Waals surface area contributed by atoms with Crippen LogP contribution in [-0.4, -0.2) is 61.5 Å². The number of nitrogens with zero attached hydrogens (tertiary/aromatic N) is 2. The van der Waals surface area contributed by atoms with Crippen LogP contribution in [0.2, 0.25) is 0 Å². The Bertz CT molecular complexity index is 252. The third-order valence-electron chi connectivity index (χ3n) is 2.12. The van der Waals surface area contributed by atoms with Gasteiger partial charge in [-0.1, -0.05) is 6.92 Å². The highest BCUT2D eigenvalue weighted by molar-refractivity contribution is 5.79. The number of hydrogen-bond donors (Lipinski definition) is 0. The number of hydrogen-bond acceptors (Lipinski definition) is 4. The molecule has 0 aromatic carbocycles. The first-order valence-electron chi connectivity index (χ1n) is 5.98. The predicted octanol–water partition coefficient (Wildman–Crippen LogP) is 0.738. The maximum absolute atomic E-state index is 11.6. The highest BCUT2D eigenvalue weighted by Gasteiger charge is 2.16. The molecule has 0 rings (SSSR count). The van der Waals surface area contributed by atoms with E-state index in [0.717, 1.165) is 6.42 Å². The summed E-state index contributed by atoms with van der Waals surface area (Å²) in [5.41, 5.74) is 0. The van der Waals surface area contributed by atoms with Gasteiger partial charge in [0, 0.05) is 14.1 Å². The molecule has 0 heterocycles. The summed E-state index contributed by atoms with van der Waals surface area (Å²) in [7, 11) is 3.41. The first-order chi connectivity index (χ1) is 7.86. The molecule has 5 nitrogen and oxygen atoms in total. The average molecular weight is 244 g/mol. The Kier molecular flexibility index (Phi) is 7.54. The smallest absolute Gasteiger partial charge is 0.320 e. The van der Waals surface area contributed by atoms with E-state index in [9.17, 15) is 9.59 Å². The molecule has 0 aliphatic rings. The molecule has 100 valence electrons. The van der Waals surface area contributed by atoms with Gasteiger partial charge in [0.1, 0.15) is 0 Å². The van der Waals surface area contributed by atoms with Crippen molar-refractivity contribution < 1.29 is 14.3 Å². The zero-order valence-corrected chi connectivity index (χ0v) is 11.5. The number of esters is 1. The quantitative estimate of drug-likeness (QED) is 0.620. The first kappa shape index (κ1) is 15.9. The highest BCUT2D eigenvalue weighted by atomic mass is 16.5. The van der Waals surface area contributed by atoms with Gasteiger partial charge in [0.2, 0.25) is 5.91 Å². The molecule has 0 unspecified atom stereocenters. The van der Waals surface area contributed by atoms with Crippen molar-refractivity contribution in [2.24, 2.45) is 0 Å². The number of carbonyl (C=O) groups excluding carboxylic acids is 2. The van der Waals surface area contributed by atoms with Crippen molar-refractivity contribution in [2.75, 3.05) is 33.7 Å². The summed E-state index contributed by atoms with van der Waals surface area (Å²) < 4.78 is 5.06. The van der Waals surface area contributed by atoms with E-state index >= 15 is 0 Å². The van der Waals surface area contributed by atoms with Crippen molar-refractivity contribution in [1.82, 2.24) is 9.80 Å². The SMILES string of the molecule is CCCN(CC(=O)OC(C)C)CC(=O)N(C)C. The maximum Gasteiger partial charge on any atom is 0.320 e. The van der Waals surface area contributed by atoms with Gasteiger partial charge in [0.05, 0.1) is 19.2 Å². The molecular formula is C12H24N2O3. The van der Waals surface area contributed by atoms with Gasteiger partial charge in [-0.25, -0.2) is 0 Å². The fraction of sp³-hybridized carbons (Fsp3) is 0.833. The van der Waals surface area contributed by atoms with Crippen LogP contribution in [-0.2, 0) is 14.3 Å². The van der Waals surface area contributed by atoms with Crippen molar-refractivity contribution >= 4 is 11.9 Å². The Labute approximate surface area is 104 Å². The molecule has 0 bridgehead atoms. The second-order valence-electron chi connectivity index (χ2n) is 4.54. The summed E-state index contributed by atoms with van der Waals surface area (Å²) in [6.07, 6.45) is 0.783. The first-order valence-corrected chi connectivity index (χ1v) is 5.98. The normalized spacial score (nSPS) is 10.8. The molecule has 0 aliphatic heterocycles.